The molecule has 9 nitrogen and oxygen atoms in total. The van der Waals surface area contributed by atoms with E-state index in [1.165, 1.54) is 24.0 Å². The molecule has 5 fully saturated rings. The van der Waals surface area contributed by atoms with Crippen molar-refractivity contribution in [2.75, 3.05) is 33.4 Å². The molecule has 1 unspecified atom stereocenters. The maximum Gasteiger partial charge on any atom is 0.513 e. The van der Waals surface area contributed by atoms with Gasteiger partial charge >= 0.3 is 6.16 Å². The van der Waals surface area contributed by atoms with Crippen molar-refractivity contribution in [1.82, 2.24) is 4.90 Å². The molecule has 7 aliphatic rings. The second-order valence-corrected chi connectivity index (χ2v) is 15.6. The minimum absolute atomic E-state index is 0.0633. The molecule has 8 rings (SSSR count). The molecule has 2 spiro atoms. The van der Waals surface area contributed by atoms with E-state index >= 15 is 0 Å². The summed E-state index contributed by atoms with van der Waals surface area (Å²) in [6, 6.07) is 4.29. The van der Waals surface area contributed by atoms with Crippen molar-refractivity contribution < 1.29 is 39.1 Å². The minimum atomic E-state index is -1.01. The molecule has 0 aromatic heterocycles. The van der Waals surface area contributed by atoms with Crippen LogP contribution in [-0.4, -0.2) is 89.2 Å². The Kier molecular flexibility index (Phi) is 6.78. The lowest BCUT2D eigenvalue weighted by atomic mass is 9.33. The molecular formula is C34H49NO8. The van der Waals surface area contributed by atoms with Crippen LogP contribution in [0.2, 0.25) is 0 Å². The van der Waals surface area contributed by atoms with Gasteiger partial charge in [-0.05, 0) is 81.4 Å². The standard InChI is InChI=1S/C34H49NO8/c1-30(2,3)31(4,39)24-17-32-11-12-34(24,40-5)28-33(32)13-14-35(18-20-6-7-20)25(32)16-21-8-9-23(27(43-28)26(21)33)42-29(38)41-15-10-22(37)19-36/h8-9,20,22,24-25,28,36-37,39H,6-7,10-19H2,1-5H3/t22-,24-,25?,28-,31+,32-,33+,34+/m1/s1. The Balaban J connectivity index is 1.33. The van der Waals surface area contributed by atoms with E-state index < -0.39 is 30.1 Å². The number of likely N-dealkylation sites (tertiary alicyclic amines) is 1. The Hall–Kier alpha value is -1.91. The van der Waals surface area contributed by atoms with Gasteiger partial charge in [0.1, 0.15) is 11.7 Å². The predicted octanol–water partition coefficient (Wildman–Crippen LogP) is 3.97. The lowest BCUT2D eigenvalue weighted by molar-refractivity contribution is -0.312. The number of aliphatic hydroxyl groups is 3. The van der Waals surface area contributed by atoms with Crippen molar-refractivity contribution in [3.8, 4) is 11.5 Å². The molecule has 2 heterocycles. The van der Waals surface area contributed by atoms with Crippen LogP contribution in [0.15, 0.2) is 12.1 Å². The van der Waals surface area contributed by atoms with E-state index in [4.69, 9.17) is 24.1 Å². The lowest BCUT2D eigenvalue weighted by Gasteiger charge is -2.75. The van der Waals surface area contributed by atoms with Crippen LogP contribution in [0.5, 0.6) is 11.5 Å². The summed E-state index contributed by atoms with van der Waals surface area (Å²) in [5.74, 6) is 1.61. The quantitative estimate of drug-likeness (QED) is 0.286. The number of piperidine rings is 1. The Morgan fingerprint density at radius 2 is 1.95 bits per heavy atom. The molecular weight excluding hydrogens is 550 g/mol. The van der Waals surface area contributed by atoms with Crippen LogP contribution in [0.4, 0.5) is 4.79 Å². The highest BCUT2D eigenvalue weighted by molar-refractivity contribution is 5.70. The summed E-state index contributed by atoms with van der Waals surface area (Å²) in [6.07, 6.45) is 5.20. The van der Waals surface area contributed by atoms with Gasteiger partial charge in [-0.1, -0.05) is 26.8 Å². The Morgan fingerprint density at radius 3 is 2.63 bits per heavy atom. The van der Waals surface area contributed by atoms with Gasteiger partial charge in [0.25, 0.3) is 0 Å². The van der Waals surface area contributed by atoms with E-state index in [0.717, 1.165) is 51.1 Å². The third kappa shape index (κ3) is 3.97. The average Bonchev–Trinajstić information content (AvgIpc) is 3.71. The number of benzene rings is 1. The first kappa shape index (κ1) is 29.8. The first-order valence-electron chi connectivity index (χ1n) is 16.3. The van der Waals surface area contributed by atoms with E-state index in [1.54, 1.807) is 7.11 Å². The molecule has 4 saturated carbocycles. The minimum Gasteiger partial charge on any atom is -0.482 e. The van der Waals surface area contributed by atoms with E-state index in [0.29, 0.717) is 17.5 Å². The van der Waals surface area contributed by atoms with Gasteiger partial charge in [0, 0.05) is 48.4 Å². The molecule has 5 aliphatic carbocycles. The van der Waals surface area contributed by atoms with Crippen LogP contribution in [0.1, 0.15) is 83.8 Å². The van der Waals surface area contributed by atoms with Gasteiger partial charge in [0.15, 0.2) is 11.5 Å². The second kappa shape index (κ2) is 9.79. The van der Waals surface area contributed by atoms with Gasteiger partial charge in [0.05, 0.1) is 24.9 Å². The number of aliphatic hydroxyl groups excluding tert-OH is 2. The van der Waals surface area contributed by atoms with Crippen molar-refractivity contribution >= 4 is 6.16 Å². The topological polar surface area (TPSA) is 118 Å². The number of rotatable bonds is 9. The lowest BCUT2D eigenvalue weighted by Crippen LogP contribution is -2.83. The van der Waals surface area contributed by atoms with Gasteiger partial charge in [-0.3, -0.25) is 4.90 Å². The van der Waals surface area contributed by atoms with Crippen LogP contribution >= 0.6 is 0 Å². The number of methoxy groups -OCH3 is 1. The number of carbonyl (C=O) groups excluding carboxylic acids is 1. The highest BCUT2D eigenvalue weighted by Crippen LogP contribution is 2.78. The molecule has 2 aliphatic heterocycles. The summed E-state index contributed by atoms with van der Waals surface area (Å²) in [5, 5.41) is 31.1. The van der Waals surface area contributed by atoms with Gasteiger partial charge in [0.2, 0.25) is 0 Å². The third-order valence-corrected chi connectivity index (χ3v) is 12.9. The number of hydrogen-bond donors (Lipinski definition) is 3. The molecule has 1 saturated heterocycles. The second-order valence-electron chi connectivity index (χ2n) is 15.6. The fourth-order valence-corrected chi connectivity index (χ4v) is 10.1. The first-order chi connectivity index (χ1) is 20.3. The van der Waals surface area contributed by atoms with Crippen molar-refractivity contribution in [1.29, 1.82) is 0 Å². The van der Waals surface area contributed by atoms with Crippen LogP contribution in [-0.2, 0) is 21.3 Å². The molecule has 238 valence electrons. The van der Waals surface area contributed by atoms with Crippen molar-refractivity contribution in [3.05, 3.63) is 23.3 Å². The summed E-state index contributed by atoms with van der Waals surface area (Å²) in [6.45, 7) is 10.0. The fourth-order valence-electron chi connectivity index (χ4n) is 10.1. The molecule has 8 atom stereocenters. The Morgan fingerprint density at radius 1 is 1.19 bits per heavy atom. The SMILES string of the molecule is CO[C@@]12CC[C@@]3(C[C@@H]1[C@](C)(O)C(C)(C)C)C1Cc4ccc(OC(=O)OCC[C@@H](O)CO)c5c4[C@@]3(CCN1CC1CC1)[C@H]2O5. The first-order valence-corrected chi connectivity index (χ1v) is 16.3. The van der Waals surface area contributed by atoms with Crippen molar-refractivity contribution in [2.45, 2.75) is 114 Å². The number of ether oxygens (including phenoxy) is 4. The maximum atomic E-state index is 12.8. The largest absolute Gasteiger partial charge is 0.513 e. The van der Waals surface area contributed by atoms with E-state index in [9.17, 15) is 15.0 Å². The van der Waals surface area contributed by atoms with Gasteiger partial charge in [-0.15, -0.1) is 0 Å². The molecule has 1 aromatic carbocycles. The normalized spacial score (nSPS) is 37.7. The van der Waals surface area contributed by atoms with Crippen LogP contribution < -0.4 is 9.47 Å². The maximum absolute atomic E-state index is 12.8. The van der Waals surface area contributed by atoms with Crippen LogP contribution in [0.3, 0.4) is 0 Å². The highest BCUT2D eigenvalue weighted by atomic mass is 16.7. The fraction of sp³-hybridized carbons (Fsp3) is 0.794. The molecule has 0 radical (unpaired) electrons. The molecule has 9 heteroatoms. The van der Waals surface area contributed by atoms with E-state index in [1.807, 2.05) is 13.0 Å². The van der Waals surface area contributed by atoms with Gasteiger partial charge < -0.3 is 34.3 Å². The van der Waals surface area contributed by atoms with E-state index in [2.05, 4.69) is 31.7 Å². The number of nitrogens with zero attached hydrogens (tertiary/aromatic N) is 1. The summed E-state index contributed by atoms with van der Waals surface area (Å²) >= 11 is 0. The predicted molar refractivity (Wildman–Crippen MR) is 158 cm³/mol. The number of carbonyl (C=O) groups is 1. The molecule has 4 bridgehead atoms. The summed E-state index contributed by atoms with van der Waals surface area (Å²) in [4.78, 5) is 15.5. The van der Waals surface area contributed by atoms with Crippen LogP contribution in [0, 0.1) is 22.7 Å². The number of fused-ring (bicyclic) bond motifs is 2. The number of hydrogen-bond acceptors (Lipinski definition) is 9. The molecule has 0 amide bonds. The van der Waals surface area contributed by atoms with Crippen molar-refractivity contribution in [3.63, 3.8) is 0 Å². The zero-order valence-corrected chi connectivity index (χ0v) is 26.4. The summed E-state index contributed by atoms with van der Waals surface area (Å²) in [7, 11) is 1.78. The van der Waals surface area contributed by atoms with Crippen molar-refractivity contribution in [2.24, 2.45) is 22.7 Å². The third-order valence-electron chi connectivity index (χ3n) is 12.9. The average molecular weight is 600 g/mol. The zero-order chi connectivity index (χ0) is 30.6. The Labute approximate surface area is 254 Å². The molecule has 3 N–H and O–H groups in total. The summed E-state index contributed by atoms with van der Waals surface area (Å²) in [5.41, 5.74) is -0.0344. The Bertz CT molecular complexity index is 1290. The zero-order valence-electron chi connectivity index (χ0n) is 26.4. The smallest absolute Gasteiger partial charge is 0.482 e. The van der Waals surface area contributed by atoms with Gasteiger partial charge in [-0.2, -0.15) is 0 Å². The molecule has 1 aromatic rings. The van der Waals surface area contributed by atoms with E-state index in [-0.39, 0.29) is 41.3 Å². The highest BCUT2D eigenvalue weighted by Gasteiger charge is 2.82. The van der Waals surface area contributed by atoms with Gasteiger partial charge in [-0.25, -0.2) is 4.79 Å². The molecule has 43 heavy (non-hydrogen) atoms. The summed E-state index contributed by atoms with van der Waals surface area (Å²) < 4.78 is 24.8. The monoisotopic (exact) mass is 599 g/mol. The van der Waals surface area contributed by atoms with Crippen LogP contribution in [0.25, 0.3) is 0 Å².